The van der Waals surface area contributed by atoms with Crippen molar-refractivity contribution in [3.8, 4) is 5.75 Å². The van der Waals surface area contributed by atoms with Crippen molar-refractivity contribution in [2.24, 2.45) is 0 Å². The van der Waals surface area contributed by atoms with E-state index in [0.29, 0.717) is 12.4 Å². The molecule has 0 bridgehead atoms. The summed E-state index contributed by atoms with van der Waals surface area (Å²) in [7, 11) is 0. The summed E-state index contributed by atoms with van der Waals surface area (Å²) in [4.78, 5) is 0. The summed E-state index contributed by atoms with van der Waals surface area (Å²) in [5.41, 5.74) is 1.59. The van der Waals surface area contributed by atoms with Crippen LogP contribution in [-0.2, 0) is 4.74 Å². The zero-order chi connectivity index (χ0) is 15.1. The molecule has 1 aliphatic heterocycles. The highest BCUT2D eigenvalue weighted by Gasteiger charge is 2.17. The van der Waals surface area contributed by atoms with Crippen molar-refractivity contribution in [3.63, 3.8) is 0 Å². The first kappa shape index (κ1) is 15.8. The second-order valence-corrected chi connectivity index (χ2v) is 4.99. The largest absolute Gasteiger partial charge is 0.485 e. The number of fused-ring (bicyclic) bond motifs is 1. The summed E-state index contributed by atoms with van der Waals surface area (Å²) in [5, 5.41) is 12.4. The lowest BCUT2D eigenvalue weighted by molar-refractivity contribution is 0.0366. The van der Waals surface area contributed by atoms with E-state index in [4.69, 9.17) is 9.47 Å². The van der Waals surface area contributed by atoms with Gasteiger partial charge in [-0.05, 0) is 30.7 Å². The van der Waals surface area contributed by atoms with Crippen LogP contribution in [-0.4, -0.2) is 37.3 Å². The normalized spacial score (nSPS) is 18.0. The maximum atomic E-state index is 13.1. The number of hydrogen-bond acceptors (Lipinski definition) is 4. The van der Waals surface area contributed by atoms with Crippen LogP contribution in [0, 0.1) is 0 Å². The number of unbranched alkanes of at least 4 members (excludes halogenated alkanes) is 1. The van der Waals surface area contributed by atoms with E-state index in [2.05, 4.69) is 12.2 Å². The van der Waals surface area contributed by atoms with Gasteiger partial charge in [0.05, 0.1) is 6.61 Å². The molecule has 116 valence electrons. The Morgan fingerprint density at radius 3 is 3.05 bits per heavy atom. The number of aliphatic hydroxyl groups excluding tert-OH is 1. The van der Waals surface area contributed by atoms with E-state index in [0.717, 1.165) is 24.1 Å². The molecule has 1 unspecified atom stereocenters. The Morgan fingerprint density at radius 2 is 2.29 bits per heavy atom. The molecule has 0 fully saturated rings. The Morgan fingerprint density at radius 1 is 1.43 bits per heavy atom. The van der Waals surface area contributed by atoms with Gasteiger partial charge in [-0.15, -0.1) is 0 Å². The molecular formula is C16H22FNO3. The molecule has 21 heavy (non-hydrogen) atoms. The van der Waals surface area contributed by atoms with Gasteiger partial charge in [-0.3, -0.25) is 0 Å². The molecule has 0 saturated heterocycles. The van der Waals surface area contributed by atoms with Crippen molar-refractivity contribution < 1.29 is 19.0 Å². The average molecular weight is 295 g/mol. The summed E-state index contributed by atoms with van der Waals surface area (Å²) in [6.07, 6.45) is 4.09. The molecule has 0 aliphatic carbocycles. The van der Waals surface area contributed by atoms with Crippen LogP contribution in [0.25, 0.3) is 6.08 Å². The number of nitrogens with one attached hydrogen (secondary N) is 1. The molecular weight excluding hydrogens is 273 g/mol. The minimum absolute atomic E-state index is 0.236. The highest BCUT2D eigenvalue weighted by molar-refractivity contribution is 5.75. The van der Waals surface area contributed by atoms with Gasteiger partial charge in [0.25, 0.3) is 0 Å². The monoisotopic (exact) mass is 295 g/mol. The Labute approximate surface area is 124 Å². The third-order valence-corrected chi connectivity index (χ3v) is 3.23. The lowest BCUT2D eigenvalue weighted by atomic mass is 10.1. The van der Waals surface area contributed by atoms with E-state index in [1.165, 1.54) is 0 Å². The van der Waals surface area contributed by atoms with Gasteiger partial charge in [0.1, 0.15) is 18.7 Å². The first-order valence-corrected chi connectivity index (χ1v) is 7.30. The third kappa shape index (κ3) is 4.44. The molecule has 4 nitrogen and oxygen atoms in total. The molecule has 2 atom stereocenters. The van der Waals surface area contributed by atoms with Crippen LogP contribution in [0.1, 0.15) is 25.3 Å². The van der Waals surface area contributed by atoms with Crippen LogP contribution in [0.4, 0.5) is 10.1 Å². The van der Waals surface area contributed by atoms with E-state index in [1.807, 2.05) is 6.07 Å². The number of hydrogen-bond donors (Lipinski definition) is 2. The number of halogens is 1. The SMILES string of the molecule is CCCCOCC(CF)Oc1cccc2c1C=C[C@@H](O)N2. The Balaban J connectivity index is 1.99. The van der Waals surface area contributed by atoms with Crippen LogP contribution < -0.4 is 10.1 Å². The topological polar surface area (TPSA) is 50.7 Å². The fourth-order valence-electron chi connectivity index (χ4n) is 2.09. The number of anilines is 1. The van der Waals surface area contributed by atoms with Crippen molar-refractivity contribution in [1.82, 2.24) is 0 Å². The quantitative estimate of drug-likeness (QED) is 0.724. The third-order valence-electron chi connectivity index (χ3n) is 3.23. The summed E-state index contributed by atoms with van der Waals surface area (Å²) < 4.78 is 24.2. The van der Waals surface area contributed by atoms with Crippen LogP contribution in [0.2, 0.25) is 0 Å². The molecule has 2 N–H and O–H groups in total. The molecule has 0 saturated carbocycles. The van der Waals surface area contributed by atoms with Crippen molar-refractivity contribution >= 4 is 11.8 Å². The zero-order valence-electron chi connectivity index (χ0n) is 12.2. The smallest absolute Gasteiger partial charge is 0.150 e. The fourth-order valence-corrected chi connectivity index (χ4v) is 2.09. The predicted octanol–water partition coefficient (Wildman–Crippen LogP) is 2.98. The molecule has 1 aromatic rings. The van der Waals surface area contributed by atoms with Gasteiger partial charge in [0.2, 0.25) is 0 Å². The highest BCUT2D eigenvalue weighted by atomic mass is 19.1. The molecule has 0 radical (unpaired) electrons. The highest BCUT2D eigenvalue weighted by Crippen LogP contribution is 2.31. The lowest BCUT2D eigenvalue weighted by Gasteiger charge is -2.23. The van der Waals surface area contributed by atoms with E-state index >= 15 is 0 Å². The van der Waals surface area contributed by atoms with Crippen LogP contribution in [0.15, 0.2) is 24.3 Å². The lowest BCUT2D eigenvalue weighted by Crippen LogP contribution is -2.26. The Hall–Kier alpha value is -1.59. The summed E-state index contributed by atoms with van der Waals surface area (Å²) in [5.74, 6) is 0.588. The number of ether oxygens (including phenoxy) is 2. The number of alkyl halides is 1. The number of benzene rings is 1. The summed E-state index contributed by atoms with van der Waals surface area (Å²) in [6.45, 7) is 2.34. The molecule has 1 aliphatic rings. The maximum Gasteiger partial charge on any atom is 0.150 e. The average Bonchev–Trinajstić information content (AvgIpc) is 2.50. The zero-order valence-corrected chi connectivity index (χ0v) is 12.2. The van der Waals surface area contributed by atoms with Gasteiger partial charge in [0.15, 0.2) is 6.10 Å². The molecule has 0 spiro atoms. The summed E-state index contributed by atoms with van der Waals surface area (Å²) in [6, 6.07) is 5.44. The second kappa shape index (κ2) is 8.00. The van der Waals surface area contributed by atoms with Gasteiger partial charge >= 0.3 is 0 Å². The first-order chi connectivity index (χ1) is 10.2. The van der Waals surface area contributed by atoms with Gasteiger partial charge in [-0.25, -0.2) is 4.39 Å². The van der Waals surface area contributed by atoms with E-state index in [1.54, 1.807) is 24.3 Å². The van der Waals surface area contributed by atoms with Crippen LogP contribution >= 0.6 is 0 Å². The Kier molecular flexibility index (Phi) is 6.02. The standard InChI is InChI=1S/C16H22FNO3/c1-2-3-9-20-11-12(10-17)21-15-6-4-5-14-13(15)7-8-16(19)18-14/h4-8,12,16,18-19H,2-3,9-11H2,1H3/t12?,16-/m1/s1. The van der Waals surface area contributed by atoms with Crippen molar-refractivity contribution in [1.29, 1.82) is 0 Å². The van der Waals surface area contributed by atoms with E-state index < -0.39 is 19.0 Å². The number of rotatable bonds is 8. The molecule has 0 amide bonds. The summed E-state index contributed by atoms with van der Waals surface area (Å²) >= 11 is 0. The van der Waals surface area contributed by atoms with Crippen molar-refractivity contribution in [3.05, 3.63) is 29.8 Å². The minimum atomic E-state index is -0.706. The first-order valence-electron chi connectivity index (χ1n) is 7.30. The van der Waals surface area contributed by atoms with Gasteiger partial charge in [-0.2, -0.15) is 0 Å². The predicted molar refractivity (Wildman–Crippen MR) is 81.2 cm³/mol. The Bertz CT molecular complexity index is 479. The molecule has 2 rings (SSSR count). The molecule has 1 heterocycles. The minimum Gasteiger partial charge on any atom is -0.485 e. The number of aliphatic hydroxyl groups is 1. The van der Waals surface area contributed by atoms with E-state index in [9.17, 15) is 9.50 Å². The van der Waals surface area contributed by atoms with Crippen LogP contribution in [0.3, 0.4) is 0 Å². The van der Waals surface area contributed by atoms with Gasteiger partial charge in [0, 0.05) is 17.9 Å². The van der Waals surface area contributed by atoms with Crippen molar-refractivity contribution in [2.75, 3.05) is 25.2 Å². The van der Waals surface area contributed by atoms with Crippen molar-refractivity contribution in [2.45, 2.75) is 32.1 Å². The second-order valence-electron chi connectivity index (χ2n) is 4.99. The molecule has 5 heteroatoms. The molecule has 1 aromatic carbocycles. The van der Waals surface area contributed by atoms with Crippen LogP contribution in [0.5, 0.6) is 5.75 Å². The van der Waals surface area contributed by atoms with Gasteiger partial charge < -0.3 is 19.9 Å². The van der Waals surface area contributed by atoms with E-state index in [-0.39, 0.29) is 6.61 Å². The maximum absolute atomic E-state index is 13.1. The van der Waals surface area contributed by atoms with Gasteiger partial charge in [-0.1, -0.05) is 19.4 Å². The fraction of sp³-hybridized carbons (Fsp3) is 0.500. The molecule has 0 aromatic heterocycles.